The Morgan fingerprint density at radius 2 is 1.82 bits per heavy atom. The number of fused-ring (bicyclic) bond motifs is 1. The summed E-state index contributed by atoms with van der Waals surface area (Å²) < 4.78 is 5.25. The van der Waals surface area contributed by atoms with Crippen LogP contribution in [-0.2, 0) is 30.6 Å². The number of aromatic nitrogens is 1. The number of carboxylic acid groups (broad SMARTS) is 1. The number of methoxy groups -OCH3 is 1. The normalized spacial score (nSPS) is 13.5. The average Bonchev–Trinajstić information content (AvgIpc) is 2.81. The summed E-state index contributed by atoms with van der Waals surface area (Å²) in [4.78, 5) is 19.0. The highest BCUT2D eigenvalue weighted by Crippen LogP contribution is 2.35. The van der Waals surface area contributed by atoms with Crippen molar-refractivity contribution in [3.8, 4) is 16.9 Å². The lowest BCUT2D eigenvalue weighted by Gasteiger charge is -2.31. The van der Waals surface area contributed by atoms with E-state index < -0.39 is 5.97 Å². The zero-order valence-corrected chi connectivity index (χ0v) is 19.7. The van der Waals surface area contributed by atoms with Gasteiger partial charge in [-0.2, -0.15) is 0 Å². The molecule has 33 heavy (non-hydrogen) atoms. The summed E-state index contributed by atoms with van der Waals surface area (Å²) in [6.07, 6.45) is 2.98. The third kappa shape index (κ3) is 5.42. The minimum atomic E-state index is -0.819. The van der Waals surface area contributed by atoms with Gasteiger partial charge in [0.15, 0.2) is 0 Å². The highest BCUT2D eigenvalue weighted by atomic mass is 16.5. The molecule has 2 aromatic carbocycles. The maximum atomic E-state index is 11.7. The first-order valence-corrected chi connectivity index (χ1v) is 11.6. The molecule has 3 aromatic rings. The number of carbonyl (C=O) groups is 1. The van der Waals surface area contributed by atoms with Gasteiger partial charge in [0, 0.05) is 30.9 Å². The van der Waals surface area contributed by atoms with Gasteiger partial charge < -0.3 is 9.84 Å². The zero-order chi connectivity index (χ0) is 23.4. The number of hydrogen-bond donors (Lipinski definition) is 1. The molecule has 0 aliphatic carbocycles. The lowest BCUT2D eigenvalue weighted by molar-refractivity contribution is -0.136. The number of hydrogen-bond acceptors (Lipinski definition) is 4. The number of nitrogens with zero attached hydrogens (tertiary/aromatic N) is 2. The van der Waals surface area contributed by atoms with Gasteiger partial charge in [-0.05, 0) is 73.2 Å². The van der Waals surface area contributed by atoms with Crippen molar-refractivity contribution >= 4 is 5.97 Å². The molecule has 4 rings (SSSR count). The van der Waals surface area contributed by atoms with Gasteiger partial charge in [-0.25, -0.2) is 0 Å². The number of carboxylic acids is 1. The van der Waals surface area contributed by atoms with E-state index in [1.807, 2.05) is 19.1 Å². The maximum Gasteiger partial charge on any atom is 0.307 e. The number of rotatable bonds is 8. The van der Waals surface area contributed by atoms with Crippen molar-refractivity contribution in [1.29, 1.82) is 0 Å². The molecule has 1 N–H and O–H groups in total. The molecule has 5 nitrogen and oxygen atoms in total. The molecule has 2 heterocycles. The third-order valence-corrected chi connectivity index (χ3v) is 6.50. The van der Waals surface area contributed by atoms with E-state index in [-0.39, 0.29) is 6.42 Å². The van der Waals surface area contributed by atoms with Crippen molar-refractivity contribution in [1.82, 2.24) is 9.88 Å². The van der Waals surface area contributed by atoms with Crippen molar-refractivity contribution in [2.24, 2.45) is 0 Å². The molecule has 0 spiro atoms. The van der Waals surface area contributed by atoms with Gasteiger partial charge in [-0.3, -0.25) is 14.7 Å². The molecule has 0 saturated heterocycles. The molecule has 0 fully saturated rings. The first kappa shape index (κ1) is 23.0. The molecule has 0 bridgehead atoms. The lowest BCUT2D eigenvalue weighted by atomic mass is 9.88. The molecular weight excluding hydrogens is 412 g/mol. The fourth-order valence-corrected chi connectivity index (χ4v) is 4.71. The van der Waals surface area contributed by atoms with Gasteiger partial charge in [0.05, 0.1) is 13.5 Å². The fraction of sp³-hybridized carbons (Fsp3) is 0.357. The predicted molar refractivity (Wildman–Crippen MR) is 131 cm³/mol. The Morgan fingerprint density at radius 1 is 1.09 bits per heavy atom. The lowest BCUT2D eigenvalue weighted by Crippen LogP contribution is -2.33. The van der Waals surface area contributed by atoms with Gasteiger partial charge in [-0.15, -0.1) is 0 Å². The van der Waals surface area contributed by atoms with E-state index in [2.05, 4.69) is 48.2 Å². The SMILES string of the molecule is COc1ccc(CCCN2CCc3nc(C)c(CC(=O)O)c(-c4ccc(C)cc4)c3C2)cc1. The van der Waals surface area contributed by atoms with Gasteiger partial charge in [0.2, 0.25) is 0 Å². The van der Waals surface area contributed by atoms with Crippen molar-refractivity contribution in [2.75, 3.05) is 20.2 Å². The molecule has 0 amide bonds. The van der Waals surface area contributed by atoms with E-state index in [0.717, 1.165) is 72.7 Å². The topological polar surface area (TPSA) is 62.7 Å². The summed E-state index contributed by atoms with van der Waals surface area (Å²) in [6.45, 7) is 6.80. The second-order valence-electron chi connectivity index (χ2n) is 8.89. The van der Waals surface area contributed by atoms with E-state index >= 15 is 0 Å². The van der Waals surface area contributed by atoms with Crippen LogP contribution in [0.4, 0.5) is 0 Å². The molecule has 172 valence electrons. The number of pyridine rings is 1. The van der Waals surface area contributed by atoms with Crippen LogP contribution in [0.1, 0.15) is 40.1 Å². The van der Waals surface area contributed by atoms with E-state index in [9.17, 15) is 9.90 Å². The average molecular weight is 445 g/mol. The van der Waals surface area contributed by atoms with Crippen LogP contribution in [0.15, 0.2) is 48.5 Å². The Labute approximate surface area is 196 Å². The Hall–Kier alpha value is -3.18. The van der Waals surface area contributed by atoms with Gasteiger partial charge >= 0.3 is 5.97 Å². The Kier molecular flexibility index (Phi) is 7.09. The standard InChI is InChI=1S/C28H32N2O3/c1-19-6-10-22(11-7-19)28-24(17-27(31)32)20(2)29-26-14-16-30(18-25(26)28)15-4-5-21-8-12-23(33-3)13-9-21/h6-13H,4-5,14-18H2,1-3H3,(H,31,32). The fourth-order valence-electron chi connectivity index (χ4n) is 4.71. The van der Waals surface area contributed by atoms with Crippen molar-refractivity contribution in [3.63, 3.8) is 0 Å². The van der Waals surface area contributed by atoms with Crippen LogP contribution in [0, 0.1) is 13.8 Å². The highest BCUT2D eigenvalue weighted by Gasteiger charge is 2.25. The smallest absolute Gasteiger partial charge is 0.307 e. The second kappa shape index (κ2) is 10.2. The highest BCUT2D eigenvalue weighted by molar-refractivity contribution is 5.79. The third-order valence-electron chi connectivity index (χ3n) is 6.50. The summed E-state index contributed by atoms with van der Waals surface area (Å²) in [5.74, 6) is 0.0651. The minimum absolute atomic E-state index is 0.00715. The van der Waals surface area contributed by atoms with Crippen LogP contribution in [0.5, 0.6) is 5.75 Å². The molecule has 1 aliphatic heterocycles. The summed E-state index contributed by atoms with van der Waals surface area (Å²) in [5, 5.41) is 9.57. The van der Waals surface area contributed by atoms with Gasteiger partial charge in [0.1, 0.15) is 5.75 Å². The van der Waals surface area contributed by atoms with Gasteiger partial charge in [-0.1, -0.05) is 42.0 Å². The molecule has 0 atom stereocenters. The maximum absolute atomic E-state index is 11.7. The Morgan fingerprint density at radius 3 is 2.48 bits per heavy atom. The molecular formula is C28H32N2O3. The van der Waals surface area contributed by atoms with E-state index in [1.54, 1.807) is 7.11 Å². The molecule has 5 heteroatoms. The second-order valence-corrected chi connectivity index (χ2v) is 8.89. The molecule has 0 unspecified atom stereocenters. The molecule has 1 aliphatic rings. The molecule has 1 aromatic heterocycles. The summed E-state index contributed by atoms with van der Waals surface area (Å²) in [7, 11) is 1.69. The van der Waals surface area contributed by atoms with Crippen LogP contribution in [0.3, 0.4) is 0 Å². The van der Waals surface area contributed by atoms with Crippen molar-refractivity contribution in [2.45, 2.75) is 46.1 Å². The van der Waals surface area contributed by atoms with Crippen LogP contribution in [-0.4, -0.2) is 41.2 Å². The Bertz CT molecular complexity index is 1120. The Balaban J connectivity index is 1.56. The van der Waals surface area contributed by atoms with Crippen molar-refractivity contribution < 1.29 is 14.6 Å². The zero-order valence-electron chi connectivity index (χ0n) is 19.7. The summed E-state index contributed by atoms with van der Waals surface area (Å²) in [6, 6.07) is 16.7. The first-order valence-electron chi connectivity index (χ1n) is 11.6. The van der Waals surface area contributed by atoms with E-state index in [0.29, 0.717) is 0 Å². The van der Waals surface area contributed by atoms with Crippen molar-refractivity contribution in [3.05, 3.63) is 82.2 Å². The van der Waals surface area contributed by atoms with Crippen LogP contribution >= 0.6 is 0 Å². The molecule has 0 saturated carbocycles. The number of benzene rings is 2. The quantitative estimate of drug-likeness (QED) is 0.530. The van der Waals surface area contributed by atoms with Crippen LogP contribution < -0.4 is 4.74 Å². The minimum Gasteiger partial charge on any atom is -0.497 e. The number of aryl methyl sites for hydroxylation is 3. The van der Waals surface area contributed by atoms with E-state index in [1.165, 1.54) is 16.7 Å². The largest absolute Gasteiger partial charge is 0.497 e. The van der Waals surface area contributed by atoms with E-state index in [4.69, 9.17) is 9.72 Å². The molecule has 0 radical (unpaired) electrons. The predicted octanol–water partition coefficient (Wildman–Crippen LogP) is 4.99. The van der Waals surface area contributed by atoms with Crippen LogP contribution in [0.2, 0.25) is 0 Å². The van der Waals surface area contributed by atoms with Crippen LogP contribution in [0.25, 0.3) is 11.1 Å². The first-order chi connectivity index (χ1) is 15.9. The van der Waals surface area contributed by atoms with Gasteiger partial charge in [0.25, 0.3) is 0 Å². The monoisotopic (exact) mass is 444 g/mol. The summed E-state index contributed by atoms with van der Waals surface area (Å²) in [5.41, 5.74) is 8.64. The summed E-state index contributed by atoms with van der Waals surface area (Å²) >= 11 is 0. The number of aliphatic carboxylic acids is 1. The number of ether oxygens (including phenoxy) is 1.